The maximum absolute atomic E-state index is 12.3. The predicted molar refractivity (Wildman–Crippen MR) is 77.2 cm³/mol. The van der Waals surface area contributed by atoms with Gasteiger partial charge in [0.2, 0.25) is 10.0 Å². The molecule has 1 aliphatic heterocycles. The van der Waals surface area contributed by atoms with Crippen LogP contribution in [0.1, 0.15) is 37.2 Å². The molecule has 0 bridgehead atoms. The molecule has 0 unspecified atom stereocenters. The van der Waals surface area contributed by atoms with E-state index in [0.717, 1.165) is 17.9 Å². The molecule has 3 rings (SSSR count). The maximum atomic E-state index is 12.3. The van der Waals surface area contributed by atoms with Crippen molar-refractivity contribution in [3.8, 4) is 0 Å². The van der Waals surface area contributed by atoms with Crippen molar-refractivity contribution >= 4 is 10.0 Å². The summed E-state index contributed by atoms with van der Waals surface area (Å²) in [5, 5.41) is 8.50. The van der Waals surface area contributed by atoms with Gasteiger partial charge in [-0.25, -0.2) is 13.1 Å². The van der Waals surface area contributed by atoms with Gasteiger partial charge in [0.1, 0.15) is 5.69 Å². The SMILES string of the molecule is CCS(=O)(=O)N1CCc2c(nnn2CC2CC2)[C@H]1COC. The van der Waals surface area contributed by atoms with Gasteiger partial charge in [-0.05, 0) is 25.7 Å². The molecule has 0 spiro atoms. The zero-order valence-electron chi connectivity index (χ0n) is 12.5. The molecule has 1 aromatic rings. The summed E-state index contributed by atoms with van der Waals surface area (Å²) >= 11 is 0. The molecule has 21 heavy (non-hydrogen) atoms. The fourth-order valence-corrected chi connectivity index (χ4v) is 4.13. The van der Waals surface area contributed by atoms with Crippen LogP contribution >= 0.6 is 0 Å². The van der Waals surface area contributed by atoms with E-state index in [0.29, 0.717) is 25.5 Å². The lowest BCUT2D eigenvalue weighted by Crippen LogP contribution is -2.43. The third-order valence-corrected chi connectivity index (χ3v) is 6.16. The smallest absolute Gasteiger partial charge is 0.214 e. The summed E-state index contributed by atoms with van der Waals surface area (Å²) in [6.07, 6.45) is 3.19. The van der Waals surface area contributed by atoms with Crippen LogP contribution in [0.5, 0.6) is 0 Å². The first kappa shape index (κ1) is 14.9. The highest BCUT2D eigenvalue weighted by atomic mass is 32.2. The molecule has 0 radical (unpaired) electrons. The van der Waals surface area contributed by atoms with E-state index in [1.807, 2.05) is 4.68 Å². The lowest BCUT2D eigenvalue weighted by Gasteiger charge is -2.33. The van der Waals surface area contributed by atoms with Gasteiger partial charge in [-0.1, -0.05) is 5.21 Å². The van der Waals surface area contributed by atoms with E-state index in [-0.39, 0.29) is 11.8 Å². The van der Waals surface area contributed by atoms with Crippen LogP contribution in [0.2, 0.25) is 0 Å². The average Bonchev–Trinajstić information content (AvgIpc) is 3.19. The predicted octanol–water partition coefficient (Wildman–Crippen LogP) is 0.583. The van der Waals surface area contributed by atoms with Gasteiger partial charge in [0.25, 0.3) is 0 Å². The van der Waals surface area contributed by atoms with Crippen molar-refractivity contribution in [3.05, 3.63) is 11.4 Å². The van der Waals surface area contributed by atoms with Crippen LogP contribution in [0.3, 0.4) is 0 Å². The summed E-state index contributed by atoms with van der Waals surface area (Å²) in [6, 6.07) is -0.350. The summed E-state index contributed by atoms with van der Waals surface area (Å²) in [4.78, 5) is 0. The molecular formula is C13H22N4O3S. The first-order chi connectivity index (χ1) is 10.1. The lowest BCUT2D eigenvalue weighted by atomic mass is 10.1. The molecule has 1 atom stereocenters. The summed E-state index contributed by atoms with van der Waals surface area (Å²) in [6.45, 7) is 3.37. The third kappa shape index (κ3) is 2.84. The fourth-order valence-electron chi connectivity index (χ4n) is 2.88. The molecule has 1 aliphatic carbocycles. The number of rotatable bonds is 6. The Hall–Kier alpha value is -0.990. The molecule has 8 heteroatoms. The number of methoxy groups -OCH3 is 1. The fraction of sp³-hybridized carbons (Fsp3) is 0.846. The van der Waals surface area contributed by atoms with E-state index in [4.69, 9.17) is 4.74 Å². The zero-order valence-corrected chi connectivity index (χ0v) is 13.3. The molecule has 0 aromatic carbocycles. The molecule has 0 N–H and O–H groups in total. The Bertz CT molecular complexity index is 609. The van der Waals surface area contributed by atoms with E-state index in [2.05, 4.69) is 10.3 Å². The molecule has 118 valence electrons. The molecule has 1 fully saturated rings. The van der Waals surface area contributed by atoms with Crippen LogP contribution in [0.4, 0.5) is 0 Å². The van der Waals surface area contributed by atoms with Crippen molar-refractivity contribution in [1.82, 2.24) is 19.3 Å². The van der Waals surface area contributed by atoms with Crippen LogP contribution in [-0.4, -0.2) is 53.7 Å². The van der Waals surface area contributed by atoms with Gasteiger partial charge < -0.3 is 4.74 Å². The van der Waals surface area contributed by atoms with Crippen LogP contribution in [-0.2, 0) is 27.7 Å². The van der Waals surface area contributed by atoms with Crippen LogP contribution < -0.4 is 0 Å². The normalized spacial score (nSPS) is 23.2. The second-order valence-corrected chi connectivity index (χ2v) is 7.99. The summed E-state index contributed by atoms with van der Waals surface area (Å²) in [7, 11) is -1.68. The van der Waals surface area contributed by atoms with Crippen molar-refractivity contribution in [2.45, 2.75) is 38.8 Å². The number of sulfonamides is 1. The Kier molecular flexibility index (Phi) is 4.02. The molecule has 1 saturated carbocycles. The standard InChI is InChI=1S/C13H22N4O3S/c1-3-21(18,19)17-7-6-11-13(12(17)9-20-2)14-15-16(11)8-10-4-5-10/h10,12H,3-9H2,1-2H3/t12-/m1/s1. The topological polar surface area (TPSA) is 77.3 Å². The molecule has 2 heterocycles. The van der Waals surface area contributed by atoms with Crippen molar-refractivity contribution in [2.75, 3.05) is 26.0 Å². The van der Waals surface area contributed by atoms with E-state index in [9.17, 15) is 8.42 Å². The second kappa shape index (κ2) is 5.66. The number of hydrogen-bond donors (Lipinski definition) is 0. The molecular weight excluding hydrogens is 292 g/mol. The van der Waals surface area contributed by atoms with Crippen LogP contribution in [0.15, 0.2) is 0 Å². The Morgan fingerprint density at radius 3 is 2.76 bits per heavy atom. The number of fused-ring (bicyclic) bond motifs is 1. The molecule has 0 amide bonds. The minimum atomic E-state index is -3.26. The van der Waals surface area contributed by atoms with Crippen LogP contribution in [0, 0.1) is 5.92 Å². The molecule has 1 aromatic heterocycles. The van der Waals surface area contributed by atoms with Gasteiger partial charge in [0, 0.05) is 26.6 Å². The molecule has 2 aliphatic rings. The second-order valence-electron chi connectivity index (χ2n) is 5.78. The number of aromatic nitrogens is 3. The lowest BCUT2D eigenvalue weighted by molar-refractivity contribution is 0.125. The van der Waals surface area contributed by atoms with Gasteiger partial charge in [0.05, 0.1) is 24.1 Å². The van der Waals surface area contributed by atoms with Crippen molar-refractivity contribution in [2.24, 2.45) is 5.92 Å². The molecule has 7 nitrogen and oxygen atoms in total. The summed E-state index contributed by atoms with van der Waals surface area (Å²) in [5.41, 5.74) is 1.84. The van der Waals surface area contributed by atoms with Crippen LogP contribution in [0.25, 0.3) is 0 Å². The Balaban J connectivity index is 1.91. The Morgan fingerprint density at radius 1 is 1.38 bits per heavy atom. The minimum absolute atomic E-state index is 0.0960. The highest BCUT2D eigenvalue weighted by Crippen LogP contribution is 2.34. The first-order valence-electron chi connectivity index (χ1n) is 7.47. The highest BCUT2D eigenvalue weighted by molar-refractivity contribution is 7.89. The average molecular weight is 314 g/mol. The van der Waals surface area contributed by atoms with E-state index in [1.165, 1.54) is 17.1 Å². The minimum Gasteiger partial charge on any atom is -0.383 e. The van der Waals surface area contributed by atoms with Gasteiger partial charge in [-0.15, -0.1) is 5.10 Å². The zero-order chi connectivity index (χ0) is 15.0. The van der Waals surface area contributed by atoms with Gasteiger partial charge in [-0.3, -0.25) is 0 Å². The quantitative estimate of drug-likeness (QED) is 0.768. The number of ether oxygens (including phenoxy) is 1. The summed E-state index contributed by atoms with van der Waals surface area (Å²) in [5.74, 6) is 0.813. The Labute approximate surface area is 125 Å². The van der Waals surface area contributed by atoms with Gasteiger partial charge >= 0.3 is 0 Å². The molecule has 0 saturated heterocycles. The number of nitrogens with zero attached hydrogens (tertiary/aromatic N) is 4. The van der Waals surface area contributed by atoms with Crippen molar-refractivity contribution in [3.63, 3.8) is 0 Å². The third-order valence-electron chi connectivity index (χ3n) is 4.27. The van der Waals surface area contributed by atoms with E-state index >= 15 is 0 Å². The Morgan fingerprint density at radius 2 is 2.14 bits per heavy atom. The van der Waals surface area contributed by atoms with Gasteiger partial charge in [-0.2, -0.15) is 4.31 Å². The number of hydrogen-bond acceptors (Lipinski definition) is 5. The highest BCUT2D eigenvalue weighted by Gasteiger charge is 2.38. The monoisotopic (exact) mass is 314 g/mol. The first-order valence-corrected chi connectivity index (χ1v) is 9.08. The van der Waals surface area contributed by atoms with E-state index in [1.54, 1.807) is 14.0 Å². The van der Waals surface area contributed by atoms with Crippen molar-refractivity contribution in [1.29, 1.82) is 0 Å². The van der Waals surface area contributed by atoms with E-state index < -0.39 is 10.0 Å². The maximum Gasteiger partial charge on any atom is 0.214 e. The largest absolute Gasteiger partial charge is 0.383 e. The summed E-state index contributed by atoms with van der Waals surface area (Å²) < 4.78 is 33.2. The van der Waals surface area contributed by atoms with Gasteiger partial charge in [0.15, 0.2) is 0 Å². The van der Waals surface area contributed by atoms with Crippen molar-refractivity contribution < 1.29 is 13.2 Å².